The maximum absolute atomic E-state index is 12.1. The summed E-state index contributed by atoms with van der Waals surface area (Å²) in [5.41, 5.74) is 0.495. The van der Waals surface area contributed by atoms with Gasteiger partial charge in [-0.15, -0.1) is 0 Å². The molecule has 1 fully saturated rings. The molecule has 2 atom stereocenters. The van der Waals surface area contributed by atoms with Crippen LogP contribution in [-0.2, 0) is 4.79 Å². The van der Waals surface area contributed by atoms with Crippen LogP contribution in [0.15, 0.2) is 24.3 Å². The normalized spacial score (nSPS) is 20.2. The predicted molar refractivity (Wildman–Crippen MR) is 73.8 cm³/mol. The number of benzene rings is 1. The SMILES string of the molecule is CCCC1CC1NC(=O)c1cccc(OCC(=O)O)c1. The van der Waals surface area contributed by atoms with Crippen LogP contribution < -0.4 is 10.1 Å². The van der Waals surface area contributed by atoms with E-state index < -0.39 is 12.6 Å². The summed E-state index contributed by atoms with van der Waals surface area (Å²) in [6.07, 6.45) is 3.33. The molecule has 5 heteroatoms. The van der Waals surface area contributed by atoms with Crippen LogP contribution in [0.1, 0.15) is 36.5 Å². The van der Waals surface area contributed by atoms with Gasteiger partial charge >= 0.3 is 5.97 Å². The molecule has 2 rings (SSSR count). The van der Waals surface area contributed by atoms with Gasteiger partial charge in [-0.05, 0) is 37.0 Å². The highest BCUT2D eigenvalue weighted by molar-refractivity contribution is 5.95. The minimum absolute atomic E-state index is 0.130. The summed E-state index contributed by atoms with van der Waals surface area (Å²) in [5, 5.41) is 11.5. The van der Waals surface area contributed by atoms with Crippen molar-refractivity contribution >= 4 is 11.9 Å². The number of hydrogen-bond donors (Lipinski definition) is 2. The molecule has 1 aromatic carbocycles. The molecular formula is C15H19NO4. The first kappa shape index (κ1) is 14.4. The zero-order chi connectivity index (χ0) is 14.5. The number of aliphatic carboxylic acids is 1. The van der Waals surface area contributed by atoms with Crippen molar-refractivity contribution in [1.82, 2.24) is 5.32 Å². The van der Waals surface area contributed by atoms with Crippen LogP contribution in [0.5, 0.6) is 5.75 Å². The zero-order valence-corrected chi connectivity index (χ0v) is 11.5. The van der Waals surface area contributed by atoms with Crippen molar-refractivity contribution in [2.75, 3.05) is 6.61 Å². The van der Waals surface area contributed by atoms with E-state index in [9.17, 15) is 9.59 Å². The predicted octanol–water partition coefficient (Wildman–Crippen LogP) is 2.07. The van der Waals surface area contributed by atoms with Gasteiger partial charge in [0.15, 0.2) is 6.61 Å². The first-order valence-electron chi connectivity index (χ1n) is 6.85. The number of rotatable bonds is 7. The fraction of sp³-hybridized carbons (Fsp3) is 0.467. The average Bonchev–Trinajstić information content (AvgIpc) is 3.15. The van der Waals surface area contributed by atoms with Crippen LogP contribution in [0.25, 0.3) is 0 Å². The molecule has 0 spiro atoms. The lowest BCUT2D eigenvalue weighted by Gasteiger charge is -2.07. The van der Waals surface area contributed by atoms with E-state index in [2.05, 4.69) is 12.2 Å². The van der Waals surface area contributed by atoms with Crippen LogP contribution in [0.4, 0.5) is 0 Å². The van der Waals surface area contributed by atoms with E-state index in [1.54, 1.807) is 24.3 Å². The number of carboxylic acid groups (broad SMARTS) is 1. The molecule has 1 saturated carbocycles. The van der Waals surface area contributed by atoms with E-state index in [1.165, 1.54) is 0 Å². The lowest BCUT2D eigenvalue weighted by atomic mass is 10.2. The molecule has 1 aromatic rings. The summed E-state index contributed by atoms with van der Waals surface area (Å²) < 4.78 is 5.06. The Balaban J connectivity index is 1.90. The molecule has 0 radical (unpaired) electrons. The highest BCUT2D eigenvalue weighted by atomic mass is 16.5. The molecule has 0 bridgehead atoms. The second-order valence-electron chi connectivity index (χ2n) is 5.07. The van der Waals surface area contributed by atoms with Crippen molar-refractivity contribution in [3.8, 4) is 5.75 Å². The van der Waals surface area contributed by atoms with Gasteiger partial charge < -0.3 is 15.2 Å². The van der Waals surface area contributed by atoms with E-state index in [1.807, 2.05) is 0 Å². The lowest BCUT2D eigenvalue weighted by Crippen LogP contribution is -2.26. The van der Waals surface area contributed by atoms with Crippen LogP contribution in [0.3, 0.4) is 0 Å². The monoisotopic (exact) mass is 277 g/mol. The first-order valence-corrected chi connectivity index (χ1v) is 6.85. The average molecular weight is 277 g/mol. The van der Waals surface area contributed by atoms with Crippen LogP contribution in [0, 0.1) is 5.92 Å². The van der Waals surface area contributed by atoms with E-state index in [-0.39, 0.29) is 11.9 Å². The van der Waals surface area contributed by atoms with Crippen molar-refractivity contribution < 1.29 is 19.4 Å². The van der Waals surface area contributed by atoms with Gasteiger partial charge in [0, 0.05) is 11.6 Å². The van der Waals surface area contributed by atoms with Crippen LogP contribution in [-0.4, -0.2) is 29.6 Å². The molecule has 2 unspecified atom stereocenters. The van der Waals surface area contributed by atoms with Crippen molar-refractivity contribution in [2.45, 2.75) is 32.2 Å². The summed E-state index contributed by atoms with van der Waals surface area (Å²) in [5.74, 6) is -0.175. The molecule has 0 aliphatic heterocycles. The lowest BCUT2D eigenvalue weighted by molar-refractivity contribution is -0.139. The molecule has 1 aliphatic carbocycles. The highest BCUT2D eigenvalue weighted by Crippen LogP contribution is 2.34. The Kier molecular flexibility index (Phi) is 4.61. The first-order chi connectivity index (χ1) is 9.60. The number of carbonyl (C=O) groups is 2. The molecule has 1 amide bonds. The summed E-state index contributed by atoms with van der Waals surface area (Å²) in [6, 6.07) is 6.86. The Morgan fingerprint density at radius 1 is 1.45 bits per heavy atom. The Hall–Kier alpha value is -2.04. The van der Waals surface area contributed by atoms with Gasteiger partial charge in [-0.25, -0.2) is 4.79 Å². The number of carbonyl (C=O) groups excluding carboxylic acids is 1. The van der Waals surface area contributed by atoms with Gasteiger partial charge in [-0.1, -0.05) is 19.4 Å². The Bertz CT molecular complexity index is 500. The van der Waals surface area contributed by atoms with Gasteiger partial charge in [0.2, 0.25) is 0 Å². The van der Waals surface area contributed by atoms with Crippen LogP contribution >= 0.6 is 0 Å². The summed E-state index contributed by atoms with van der Waals surface area (Å²) in [7, 11) is 0. The third-order valence-corrected chi connectivity index (χ3v) is 3.36. The van der Waals surface area contributed by atoms with Crippen molar-refractivity contribution in [2.24, 2.45) is 5.92 Å². The third-order valence-electron chi connectivity index (χ3n) is 3.36. The fourth-order valence-electron chi connectivity index (χ4n) is 2.24. The van der Waals surface area contributed by atoms with Crippen LogP contribution in [0.2, 0.25) is 0 Å². The number of amides is 1. The molecule has 20 heavy (non-hydrogen) atoms. The summed E-state index contributed by atoms with van der Waals surface area (Å²) in [4.78, 5) is 22.5. The molecule has 0 heterocycles. The van der Waals surface area contributed by atoms with E-state index in [4.69, 9.17) is 9.84 Å². The Morgan fingerprint density at radius 2 is 2.25 bits per heavy atom. The van der Waals surface area contributed by atoms with E-state index >= 15 is 0 Å². The smallest absolute Gasteiger partial charge is 0.341 e. The maximum Gasteiger partial charge on any atom is 0.341 e. The van der Waals surface area contributed by atoms with Gasteiger partial charge in [0.05, 0.1) is 0 Å². The quantitative estimate of drug-likeness (QED) is 0.800. The topological polar surface area (TPSA) is 75.6 Å². The standard InChI is InChI=1S/C15H19NO4/c1-2-4-10-8-13(10)16-15(19)11-5-3-6-12(7-11)20-9-14(17)18/h3,5-7,10,13H,2,4,8-9H2,1H3,(H,16,19)(H,17,18). The number of hydrogen-bond acceptors (Lipinski definition) is 3. The Morgan fingerprint density at radius 3 is 2.95 bits per heavy atom. The second-order valence-corrected chi connectivity index (χ2v) is 5.07. The molecular weight excluding hydrogens is 258 g/mol. The third kappa shape index (κ3) is 3.98. The van der Waals surface area contributed by atoms with Crippen molar-refractivity contribution in [1.29, 1.82) is 0 Å². The van der Waals surface area contributed by atoms with E-state index in [0.717, 1.165) is 19.3 Å². The fourth-order valence-corrected chi connectivity index (χ4v) is 2.24. The minimum atomic E-state index is -1.04. The van der Waals surface area contributed by atoms with Gasteiger partial charge in [0.25, 0.3) is 5.91 Å². The second kappa shape index (κ2) is 6.41. The van der Waals surface area contributed by atoms with Gasteiger partial charge in [0.1, 0.15) is 5.75 Å². The molecule has 2 N–H and O–H groups in total. The largest absolute Gasteiger partial charge is 0.482 e. The highest BCUT2D eigenvalue weighted by Gasteiger charge is 2.37. The molecule has 0 saturated heterocycles. The van der Waals surface area contributed by atoms with Crippen molar-refractivity contribution in [3.63, 3.8) is 0 Å². The van der Waals surface area contributed by atoms with Gasteiger partial charge in [-0.3, -0.25) is 4.79 Å². The number of ether oxygens (including phenoxy) is 1. The molecule has 0 aromatic heterocycles. The maximum atomic E-state index is 12.1. The summed E-state index contributed by atoms with van der Waals surface area (Å²) in [6.45, 7) is 1.73. The molecule has 108 valence electrons. The molecule has 5 nitrogen and oxygen atoms in total. The number of nitrogens with one attached hydrogen (secondary N) is 1. The van der Waals surface area contributed by atoms with Gasteiger partial charge in [-0.2, -0.15) is 0 Å². The zero-order valence-electron chi connectivity index (χ0n) is 11.5. The summed E-state index contributed by atoms with van der Waals surface area (Å²) >= 11 is 0. The number of carboxylic acids is 1. The minimum Gasteiger partial charge on any atom is -0.482 e. The Labute approximate surface area is 117 Å². The van der Waals surface area contributed by atoms with Crippen molar-refractivity contribution in [3.05, 3.63) is 29.8 Å². The van der Waals surface area contributed by atoms with E-state index in [0.29, 0.717) is 17.2 Å². The molecule has 1 aliphatic rings.